The molecule has 2 aromatic carbocycles. The second kappa shape index (κ2) is 8.76. The number of carboxylic acid groups (broad SMARTS) is 1. The third-order valence-corrected chi connectivity index (χ3v) is 7.08. The van der Waals surface area contributed by atoms with Gasteiger partial charge in [0.15, 0.2) is 5.82 Å². The Hall–Kier alpha value is -2.40. The molecule has 1 heterocycles. The summed E-state index contributed by atoms with van der Waals surface area (Å²) in [4.78, 5) is 14.3. The Morgan fingerprint density at radius 2 is 2.03 bits per heavy atom. The monoisotopic (exact) mass is 489 g/mol. The van der Waals surface area contributed by atoms with Crippen LogP contribution in [-0.2, 0) is 16.6 Å². The topological polar surface area (TPSA) is 99.6 Å². The fourth-order valence-electron chi connectivity index (χ4n) is 2.66. The van der Waals surface area contributed by atoms with E-state index in [9.17, 15) is 22.7 Å². The van der Waals surface area contributed by atoms with Crippen molar-refractivity contribution in [1.82, 2.24) is 4.98 Å². The van der Waals surface area contributed by atoms with Crippen molar-refractivity contribution in [3.05, 3.63) is 68.2 Å². The largest absolute Gasteiger partial charge is 0.464 e. The van der Waals surface area contributed by atoms with E-state index in [0.717, 1.165) is 34.6 Å². The Labute approximate surface area is 185 Å². The number of nitrogens with one attached hydrogen (secondary N) is 1. The Morgan fingerprint density at radius 1 is 1.30 bits per heavy atom. The molecule has 0 spiro atoms. The van der Waals surface area contributed by atoms with Gasteiger partial charge in [-0.25, -0.2) is 22.6 Å². The highest BCUT2D eigenvalue weighted by molar-refractivity contribution is 7.93. The summed E-state index contributed by atoms with van der Waals surface area (Å²) >= 11 is 13.3. The van der Waals surface area contributed by atoms with Gasteiger partial charge < -0.3 is 10.4 Å². The number of aryl methyl sites for hydroxylation is 1. The summed E-state index contributed by atoms with van der Waals surface area (Å²) in [6.45, 7) is 2.08. The molecule has 2 N–H and O–H groups in total. The quantitative estimate of drug-likeness (QED) is 0.481. The molecule has 30 heavy (non-hydrogen) atoms. The zero-order valence-corrected chi connectivity index (χ0v) is 18.4. The Bertz CT molecular complexity index is 1180. The van der Waals surface area contributed by atoms with Gasteiger partial charge in [-0.3, -0.25) is 0 Å². The van der Waals surface area contributed by atoms with Gasteiger partial charge in [0, 0.05) is 16.9 Å². The van der Waals surface area contributed by atoms with Gasteiger partial charge in [0.05, 0.1) is 16.2 Å². The standard InChI is InChI=1S/C18H14Cl2FN3O4S2/c1-10-3-2-4-12(19)11(10)7-22-15-6-14(21)16(5-13(15)20)30(27,28)24(18(25)26)17-8-29-9-23-17/h2-6,8-9,22H,7H2,1H3,(H,25,26). The number of halogens is 3. The van der Waals surface area contributed by atoms with E-state index in [2.05, 4.69) is 10.3 Å². The lowest BCUT2D eigenvalue weighted by atomic mass is 10.1. The van der Waals surface area contributed by atoms with Crippen LogP contribution in [0.2, 0.25) is 10.0 Å². The zero-order valence-electron chi connectivity index (χ0n) is 15.3. The normalized spacial score (nSPS) is 11.3. The van der Waals surface area contributed by atoms with Gasteiger partial charge in [-0.05, 0) is 36.2 Å². The number of thiazole rings is 1. The van der Waals surface area contributed by atoms with Gasteiger partial charge in [-0.2, -0.15) is 0 Å². The smallest absolute Gasteiger partial charge is 0.427 e. The number of nitrogens with zero attached hydrogens (tertiary/aromatic N) is 2. The van der Waals surface area contributed by atoms with Crippen molar-refractivity contribution < 1.29 is 22.7 Å². The van der Waals surface area contributed by atoms with E-state index < -0.39 is 26.8 Å². The summed E-state index contributed by atoms with van der Waals surface area (Å²) in [6.07, 6.45) is -1.83. The molecule has 0 radical (unpaired) electrons. The highest BCUT2D eigenvalue weighted by Gasteiger charge is 2.35. The van der Waals surface area contributed by atoms with Crippen LogP contribution in [0.25, 0.3) is 0 Å². The van der Waals surface area contributed by atoms with E-state index in [1.165, 1.54) is 10.9 Å². The van der Waals surface area contributed by atoms with Crippen LogP contribution in [0.15, 0.2) is 46.1 Å². The average molecular weight is 490 g/mol. The van der Waals surface area contributed by atoms with Crippen molar-refractivity contribution in [2.24, 2.45) is 0 Å². The summed E-state index contributed by atoms with van der Waals surface area (Å²) in [5, 5.41) is 13.9. The highest BCUT2D eigenvalue weighted by atomic mass is 35.5. The van der Waals surface area contributed by atoms with Gasteiger partial charge in [0.1, 0.15) is 10.7 Å². The summed E-state index contributed by atoms with van der Waals surface area (Å²) in [7, 11) is -4.80. The zero-order chi connectivity index (χ0) is 22.1. The number of hydrogen-bond acceptors (Lipinski definition) is 6. The predicted molar refractivity (Wildman–Crippen MR) is 115 cm³/mol. The number of sulfonamides is 1. The molecule has 12 heteroatoms. The molecule has 7 nitrogen and oxygen atoms in total. The van der Waals surface area contributed by atoms with Crippen molar-refractivity contribution in [1.29, 1.82) is 0 Å². The van der Waals surface area contributed by atoms with Crippen LogP contribution in [0.3, 0.4) is 0 Å². The first-order valence-electron chi connectivity index (χ1n) is 8.26. The summed E-state index contributed by atoms with van der Waals surface area (Å²) < 4.78 is 40.3. The van der Waals surface area contributed by atoms with Gasteiger partial charge in [0.2, 0.25) is 0 Å². The van der Waals surface area contributed by atoms with Crippen molar-refractivity contribution in [3.63, 3.8) is 0 Å². The number of anilines is 2. The van der Waals surface area contributed by atoms with Crippen LogP contribution >= 0.6 is 34.5 Å². The number of aromatic nitrogens is 1. The van der Waals surface area contributed by atoms with Crippen LogP contribution in [0, 0.1) is 12.7 Å². The first-order valence-corrected chi connectivity index (χ1v) is 11.4. The van der Waals surface area contributed by atoms with Crippen LogP contribution < -0.4 is 9.62 Å². The molecule has 0 aliphatic heterocycles. The summed E-state index contributed by atoms with van der Waals surface area (Å²) in [5.41, 5.74) is 3.07. The number of benzene rings is 2. The molecule has 158 valence electrons. The van der Waals surface area contributed by atoms with E-state index in [4.69, 9.17) is 23.2 Å². The Morgan fingerprint density at radius 3 is 2.63 bits per heavy atom. The highest BCUT2D eigenvalue weighted by Crippen LogP contribution is 2.32. The van der Waals surface area contributed by atoms with E-state index >= 15 is 0 Å². The predicted octanol–water partition coefficient (Wildman–Crippen LogP) is 5.38. The van der Waals surface area contributed by atoms with Crippen LogP contribution in [0.5, 0.6) is 0 Å². The maximum absolute atomic E-state index is 14.7. The molecule has 0 atom stereocenters. The van der Waals surface area contributed by atoms with Gasteiger partial charge >= 0.3 is 6.09 Å². The molecule has 0 bridgehead atoms. The lowest BCUT2D eigenvalue weighted by Crippen LogP contribution is -2.36. The fourth-order valence-corrected chi connectivity index (χ4v) is 5.15. The molecule has 0 aliphatic rings. The first-order chi connectivity index (χ1) is 14.1. The molecule has 0 unspecified atom stereocenters. The van der Waals surface area contributed by atoms with Crippen LogP contribution in [0.1, 0.15) is 11.1 Å². The molecule has 3 aromatic rings. The maximum atomic E-state index is 14.7. The first kappa shape index (κ1) is 22.3. The van der Waals surface area contributed by atoms with Gasteiger partial charge in [-0.15, -0.1) is 15.6 Å². The molecule has 0 fully saturated rings. The lowest BCUT2D eigenvalue weighted by molar-refractivity contribution is 0.206. The second-order valence-corrected chi connectivity index (χ2v) is 9.34. The maximum Gasteiger partial charge on any atom is 0.427 e. The molecular formula is C18H14Cl2FN3O4S2. The van der Waals surface area contributed by atoms with Crippen LogP contribution in [-0.4, -0.2) is 24.6 Å². The fraction of sp³-hybridized carbons (Fsp3) is 0.111. The molecule has 3 rings (SSSR count). The minimum Gasteiger partial charge on any atom is -0.464 e. The summed E-state index contributed by atoms with van der Waals surface area (Å²) in [5.74, 6) is -1.53. The van der Waals surface area contributed by atoms with Crippen molar-refractivity contribution >= 4 is 62.2 Å². The molecule has 0 saturated carbocycles. The van der Waals surface area contributed by atoms with E-state index in [1.807, 2.05) is 13.0 Å². The van der Waals surface area contributed by atoms with Crippen molar-refractivity contribution in [2.75, 3.05) is 9.62 Å². The van der Waals surface area contributed by atoms with Crippen LogP contribution in [0.4, 0.5) is 20.7 Å². The van der Waals surface area contributed by atoms with Crippen molar-refractivity contribution in [2.45, 2.75) is 18.4 Å². The van der Waals surface area contributed by atoms with Gasteiger partial charge in [-0.1, -0.05) is 35.3 Å². The third kappa shape index (κ3) is 4.36. The minimum absolute atomic E-state index is 0.00154. The minimum atomic E-state index is -4.80. The number of rotatable bonds is 6. The van der Waals surface area contributed by atoms with Crippen molar-refractivity contribution in [3.8, 4) is 0 Å². The molecule has 0 aliphatic carbocycles. The van der Waals surface area contributed by atoms with E-state index in [-0.39, 0.29) is 27.4 Å². The molecule has 1 aromatic heterocycles. The third-order valence-electron chi connectivity index (χ3n) is 4.15. The number of carbonyl (C=O) groups is 1. The number of hydrogen-bond donors (Lipinski definition) is 2. The van der Waals surface area contributed by atoms with E-state index in [1.54, 1.807) is 12.1 Å². The Balaban J connectivity index is 1.95. The van der Waals surface area contributed by atoms with Gasteiger partial charge in [0.25, 0.3) is 10.0 Å². The number of amides is 1. The second-order valence-electron chi connectivity index (χ2n) is 6.05. The van der Waals surface area contributed by atoms with E-state index in [0.29, 0.717) is 5.02 Å². The Kier molecular flexibility index (Phi) is 6.51. The summed E-state index contributed by atoms with van der Waals surface area (Å²) in [6, 6.07) is 7.12. The molecular weight excluding hydrogens is 476 g/mol. The lowest BCUT2D eigenvalue weighted by Gasteiger charge is -2.18. The molecule has 1 amide bonds. The average Bonchev–Trinajstić information content (AvgIpc) is 3.16. The molecule has 0 saturated heterocycles. The SMILES string of the molecule is Cc1cccc(Cl)c1CNc1cc(F)c(S(=O)(=O)N(C(=O)O)c2cscn2)cc1Cl.